The molecule has 358 valence electrons. The first-order chi connectivity index (χ1) is 29.6. The highest BCUT2D eigenvalue weighted by Gasteiger charge is 2.14. The van der Waals surface area contributed by atoms with Crippen molar-refractivity contribution in [3.05, 3.63) is 12.2 Å². The lowest BCUT2D eigenvalue weighted by Gasteiger charge is -2.18. The van der Waals surface area contributed by atoms with Gasteiger partial charge in [-0.3, -0.25) is 0 Å². The average Bonchev–Trinajstić information content (AvgIpc) is 3.24. The third-order valence-electron chi connectivity index (χ3n) is 13.6. The van der Waals surface area contributed by atoms with Gasteiger partial charge in [-0.05, 0) is 32.6 Å². The van der Waals surface area contributed by atoms with Crippen molar-refractivity contribution >= 4 is 5.97 Å². The summed E-state index contributed by atoms with van der Waals surface area (Å²) in [5.41, 5.74) is 0.536. The second kappa shape index (κ2) is 52.6. The molecule has 0 aliphatic heterocycles. The minimum atomic E-state index is -0.192. The number of hydrogen-bond donors (Lipinski definition) is 0. The van der Waals surface area contributed by atoms with E-state index in [1.54, 1.807) is 6.92 Å². The summed E-state index contributed by atoms with van der Waals surface area (Å²) in [4.78, 5) is 12.3. The molecule has 60 heavy (non-hydrogen) atoms. The first kappa shape index (κ1) is 59.2. The minimum absolute atomic E-state index is 0.0823. The molecule has 0 aromatic carbocycles. The second-order valence-corrected chi connectivity index (χ2v) is 20.0. The Morgan fingerprint density at radius 3 is 0.600 bits per heavy atom. The fourth-order valence-electron chi connectivity index (χ4n) is 9.36. The predicted molar refractivity (Wildman–Crippen MR) is 272 cm³/mol. The van der Waals surface area contributed by atoms with Crippen molar-refractivity contribution in [2.75, 3.05) is 0 Å². The van der Waals surface area contributed by atoms with Crippen LogP contribution in [0.15, 0.2) is 12.2 Å². The van der Waals surface area contributed by atoms with Gasteiger partial charge >= 0.3 is 5.97 Å². The third kappa shape index (κ3) is 49.9. The smallest absolute Gasteiger partial charge is 0.333 e. The zero-order chi connectivity index (χ0) is 43.5. The van der Waals surface area contributed by atoms with Crippen molar-refractivity contribution in [3.63, 3.8) is 0 Å². The van der Waals surface area contributed by atoms with E-state index >= 15 is 0 Å². The Morgan fingerprint density at radius 2 is 0.450 bits per heavy atom. The van der Waals surface area contributed by atoms with Gasteiger partial charge in [-0.1, -0.05) is 322 Å². The molecule has 0 saturated carbocycles. The molecule has 0 bridgehead atoms. The van der Waals surface area contributed by atoms with Crippen LogP contribution in [-0.2, 0) is 9.53 Å². The van der Waals surface area contributed by atoms with Crippen molar-refractivity contribution in [1.29, 1.82) is 0 Å². The Bertz CT molecular complexity index is 818. The highest BCUT2D eigenvalue weighted by Crippen LogP contribution is 2.21. The third-order valence-corrected chi connectivity index (χ3v) is 13.6. The number of carbonyl (C=O) groups excluding carboxylic acids is 1. The van der Waals surface area contributed by atoms with Crippen LogP contribution in [0.3, 0.4) is 0 Å². The van der Waals surface area contributed by atoms with Gasteiger partial charge in [0.2, 0.25) is 0 Å². The van der Waals surface area contributed by atoms with E-state index in [2.05, 4.69) is 20.4 Å². The van der Waals surface area contributed by atoms with E-state index in [1.165, 1.54) is 315 Å². The van der Waals surface area contributed by atoms with Crippen LogP contribution in [0.4, 0.5) is 0 Å². The van der Waals surface area contributed by atoms with Gasteiger partial charge in [-0.25, -0.2) is 4.79 Å². The van der Waals surface area contributed by atoms with E-state index in [1.807, 2.05) is 0 Å². The van der Waals surface area contributed by atoms with Crippen LogP contribution in [0.5, 0.6) is 0 Å². The average molecular weight is 844 g/mol. The summed E-state index contributed by atoms with van der Waals surface area (Å²) in [5.74, 6) is -0.192. The van der Waals surface area contributed by atoms with Crippen molar-refractivity contribution in [2.45, 2.75) is 354 Å². The number of rotatable bonds is 53. The van der Waals surface area contributed by atoms with Crippen molar-refractivity contribution < 1.29 is 9.53 Å². The van der Waals surface area contributed by atoms with Gasteiger partial charge in [0, 0.05) is 5.57 Å². The van der Waals surface area contributed by atoms with Gasteiger partial charge < -0.3 is 4.74 Å². The maximum Gasteiger partial charge on any atom is 0.333 e. The van der Waals surface area contributed by atoms with Crippen LogP contribution in [0.1, 0.15) is 348 Å². The van der Waals surface area contributed by atoms with Gasteiger partial charge in [-0.15, -0.1) is 0 Å². The van der Waals surface area contributed by atoms with E-state index in [-0.39, 0.29) is 12.1 Å². The summed E-state index contributed by atoms with van der Waals surface area (Å²) in [5, 5.41) is 0. The molecule has 0 N–H and O–H groups in total. The quantitative estimate of drug-likeness (QED) is 0.0346. The van der Waals surface area contributed by atoms with Gasteiger partial charge in [0.15, 0.2) is 0 Å². The maximum absolute atomic E-state index is 12.3. The molecule has 2 nitrogen and oxygen atoms in total. The molecule has 1 unspecified atom stereocenters. The van der Waals surface area contributed by atoms with E-state index in [0.29, 0.717) is 5.57 Å². The Balaban J connectivity index is 3.49. The molecule has 0 aliphatic carbocycles. The zero-order valence-electron chi connectivity index (χ0n) is 42.2. The number of ether oxygens (including phenoxy) is 1. The molecule has 0 aromatic heterocycles. The lowest BCUT2D eigenvalue weighted by molar-refractivity contribution is -0.145. The molecule has 0 amide bonds. The zero-order valence-corrected chi connectivity index (χ0v) is 42.2. The van der Waals surface area contributed by atoms with E-state index in [4.69, 9.17) is 4.74 Å². The summed E-state index contributed by atoms with van der Waals surface area (Å²) in [6.45, 7) is 10.2. The Kier molecular flexibility index (Phi) is 51.9. The van der Waals surface area contributed by atoms with Crippen molar-refractivity contribution in [3.8, 4) is 0 Å². The van der Waals surface area contributed by atoms with Crippen LogP contribution in [0.25, 0.3) is 0 Å². The van der Waals surface area contributed by atoms with Crippen LogP contribution >= 0.6 is 0 Å². The Labute approximate surface area is 380 Å². The molecule has 0 aromatic rings. The summed E-state index contributed by atoms with van der Waals surface area (Å²) in [7, 11) is 0. The molecule has 0 heterocycles. The van der Waals surface area contributed by atoms with Crippen LogP contribution in [0.2, 0.25) is 0 Å². The fraction of sp³-hybridized carbons (Fsp3) is 0.948. The van der Waals surface area contributed by atoms with Crippen molar-refractivity contribution in [1.82, 2.24) is 0 Å². The molecular formula is C58H114O2. The lowest BCUT2D eigenvalue weighted by Crippen LogP contribution is -2.18. The molecule has 1 atom stereocenters. The van der Waals surface area contributed by atoms with Gasteiger partial charge in [0.25, 0.3) is 0 Å². The van der Waals surface area contributed by atoms with Crippen LogP contribution < -0.4 is 0 Å². The van der Waals surface area contributed by atoms with Crippen molar-refractivity contribution in [2.24, 2.45) is 0 Å². The molecule has 0 fully saturated rings. The summed E-state index contributed by atoms with van der Waals surface area (Å²) >= 11 is 0. The number of hydrogen-bond acceptors (Lipinski definition) is 2. The predicted octanol–water partition coefficient (Wildman–Crippen LogP) is 21.4. The standard InChI is InChI=1S/C58H114O2/c1-5-7-9-11-13-15-17-19-21-23-25-26-27-28-29-30-31-32-33-34-35-36-37-39-41-43-45-47-49-51-53-55-57(60-58(59)56(3)4)54-52-50-48-46-44-42-40-38-24-22-20-18-16-14-12-10-8-6-2/h57H,3,5-55H2,1-2,4H3. The molecule has 0 saturated heterocycles. The largest absolute Gasteiger partial charge is 0.459 e. The highest BCUT2D eigenvalue weighted by atomic mass is 16.5. The Morgan fingerprint density at radius 1 is 0.300 bits per heavy atom. The fourth-order valence-corrected chi connectivity index (χ4v) is 9.36. The van der Waals surface area contributed by atoms with E-state index in [9.17, 15) is 4.79 Å². The summed E-state index contributed by atoms with van der Waals surface area (Å²) in [6, 6.07) is 0. The number of esters is 1. The van der Waals surface area contributed by atoms with Gasteiger partial charge in [0.1, 0.15) is 6.10 Å². The monoisotopic (exact) mass is 843 g/mol. The molecule has 0 rings (SSSR count). The maximum atomic E-state index is 12.3. The Hall–Kier alpha value is -0.790. The van der Waals surface area contributed by atoms with Crippen LogP contribution in [0, 0.1) is 0 Å². The molecule has 0 aliphatic rings. The minimum Gasteiger partial charge on any atom is -0.459 e. The number of carbonyl (C=O) groups is 1. The highest BCUT2D eigenvalue weighted by molar-refractivity contribution is 5.87. The topological polar surface area (TPSA) is 26.3 Å². The summed E-state index contributed by atoms with van der Waals surface area (Å²) < 4.78 is 5.87. The number of unbranched alkanes of at least 4 members (excludes halogenated alkanes) is 47. The summed E-state index contributed by atoms with van der Waals surface area (Å²) in [6.07, 6.45) is 71.9. The molecule has 0 spiro atoms. The molecule has 0 radical (unpaired) electrons. The van der Waals surface area contributed by atoms with Crippen LogP contribution in [-0.4, -0.2) is 12.1 Å². The van der Waals surface area contributed by atoms with Gasteiger partial charge in [0.05, 0.1) is 0 Å². The first-order valence-corrected chi connectivity index (χ1v) is 28.5. The lowest BCUT2D eigenvalue weighted by atomic mass is 10.0. The molecular weight excluding hydrogens is 729 g/mol. The van der Waals surface area contributed by atoms with E-state index < -0.39 is 0 Å². The normalized spacial score (nSPS) is 12.1. The van der Waals surface area contributed by atoms with Gasteiger partial charge in [-0.2, -0.15) is 0 Å². The van der Waals surface area contributed by atoms with E-state index in [0.717, 1.165) is 12.8 Å². The SMILES string of the molecule is C=C(C)C(=O)OC(CCCCCCCCCCCCCCCCCCCC)CCCCCCCCCCCCCCCCCCCCCCCCCCCCCCCCC. The first-order valence-electron chi connectivity index (χ1n) is 28.5. The second-order valence-electron chi connectivity index (χ2n) is 20.0. The molecule has 2 heteroatoms.